The summed E-state index contributed by atoms with van der Waals surface area (Å²) >= 11 is 0. The Labute approximate surface area is 191 Å². The molecule has 13 nitrogen and oxygen atoms in total. The molecular formula is C20H33N5O8. The number of aliphatic carboxylic acids is 2. The van der Waals surface area contributed by atoms with E-state index >= 15 is 0 Å². The Bertz CT molecular complexity index is 772. The summed E-state index contributed by atoms with van der Waals surface area (Å²) in [5.41, 5.74) is 10.9. The maximum Gasteiger partial charge on any atom is 0.326 e. The van der Waals surface area contributed by atoms with Crippen molar-refractivity contribution in [2.75, 3.05) is 6.54 Å². The van der Waals surface area contributed by atoms with E-state index in [1.54, 1.807) is 13.8 Å². The minimum absolute atomic E-state index is 0.0446. The van der Waals surface area contributed by atoms with E-state index in [4.69, 9.17) is 16.6 Å². The van der Waals surface area contributed by atoms with Crippen LogP contribution in [-0.4, -0.2) is 81.4 Å². The third-order valence-electron chi connectivity index (χ3n) is 5.37. The largest absolute Gasteiger partial charge is 0.481 e. The first-order valence-electron chi connectivity index (χ1n) is 10.7. The van der Waals surface area contributed by atoms with Crippen molar-refractivity contribution in [2.24, 2.45) is 17.4 Å². The normalized spacial score (nSPS) is 18.3. The van der Waals surface area contributed by atoms with Gasteiger partial charge in [0.25, 0.3) is 0 Å². The summed E-state index contributed by atoms with van der Waals surface area (Å²) in [6, 6.07) is -4.40. The quantitative estimate of drug-likeness (QED) is 0.177. The van der Waals surface area contributed by atoms with Gasteiger partial charge in [-0.2, -0.15) is 0 Å². The molecule has 4 atom stereocenters. The van der Waals surface area contributed by atoms with Gasteiger partial charge in [-0.3, -0.25) is 24.0 Å². The van der Waals surface area contributed by atoms with Gasteiger partial charge in [-0.05, 0) is 31.6 Å². The first-order chi connectivity index (χ1) is 15.3. The summed E-state index contributed by atoms with van der Waals surface area (Å²) in [5.74, 6) is -5.48. The van der Waals surface area contributed by atoms with Crippen molar-refractivity contribution in [3.05, 3.63) is 0 Å². The van der Waals surface area contributed by atoms with Crippen LogP contribution in [-0.2, 0) is 28.8 Å². The molecule has 4 unspecified atom stereocenters. The fourth-order valence-corrected chi connectivity index (χ4v) is 3.51. The molecule has 0 spiro atoms. The third-order valence-corrected chi connectivity index (χ3v) is 5.37. The van der Waals surface area contributed by atoms with Crippen LogP contribution in [0, 0.1) is 5.92 Å². The molecule has 1 rings (SSSR count). The van der Waals surface area contributed by atoms with Gasteiger partial charge in [0, 0.05) is 19.4 Å². The maximum absolute atomic E-state index is 12.9. The molecule has 0 aromatic rings. The minimum atomic E-state index is -1.43. The number of nitrogens with zero attached hydrogens (tertiary/aromatic N) is 1. The second kappa shape index (κ2) is 12.7. The van der Waals surface area contributed by atoms with Gasteiger partial charge >= 0.3 is 11.9 Å². The zero-order valence-corrected chi connectivity index (χ0v) is 18.8. The average Bonchev–Trinajstić information content (AvgIpc) is 3.21. The predicted octanol–water partition coefficient (Wildman–Crippen LogP) is -1.85. The lowest BCUT2D eigenvalue weighted by molar-refractivity contribution is -0.144. The molecule has 13 heteroatoms. The summed E-state index contributed by atoms with van der Waals surface area (Å²) < 4.78 is 0. The summed E-state index contributed by atoms with van der Waals surface area (Å²) in [5, 5.41) is 22.9. The third kappa shape index (κ3) is 8.67. The second-order valence-corrected chi connectivity index (χ2v) is 8.36. The van der Waals surface area contributed by atoms with Crippen LogP contribution < -0.4 is 22.1 Å². The highest BCUT2D eigenvalue weighted by molar-refractivity contribution is 5.94. The zero-order valence-electron chi connectivity index (χ0n) is 18.8. The Morgan fingerprint density at radius 2 is 1.67 bits per heavy atom. The molecule has 0 bridgehead atoms. The monoisotopic (exact) mass is 471 g/mol. The molecule has 1 fully saturated rings. The summed E-state index contributed by atoms with van der Waals surface area (Å²) in [4.78, 5) is 72.6. The fourth-order valence-electron chi connectivity index (χ4n) is 3.51. The number of hydrogen-bond acceptors (Lipinski definition) is 7. The Hall–Kier alpha value is -3.22. The second-order valence-electron chi connectivity index (χ2n) is 8.36. The Morgan fingerprint density at radius 1 is 1.03 bits per heavy atom. The van der Waals surface area contributed by atoms with Crippen molar-refractivity contribution in [2.45, 2.75) is 76.5 Å². The predicted molar refractivity (Wildman–Crippen MR) is 114 cm³/mol. The SMILES string of the molecule is CC(C)C(NC(=O)C1CCCN1C(=O)C(N)CCC(N)=O)C(=O)NC(CCC(=O)O)C(=O)O. The van der Waals surface area contributed by atoms with Gasteiger partial charge in [-0.25, -0.2) is 4.79 Å². The molecule has 1 aliphatic rings. The van der Waals surface area contributed by atoms with E-state index in [0.717, 1.165) is 0 Å². The highest BCUT2D eigenvalue weighted by atomic mass is 16.4. The lowest BCUT2D eigenvalue weighted by Gasteiger charge is -2.29. The lowest BCUT2D eigenvalue weighted by atomic mass is 10.0. The number of likely N-dealkylation sites (tertiary alicyclic amines) is 1. The lowest BCUT2D eigenvalue weighted by Crippen LogP contribution is -2.58. The number of nitrogens with two attached hydrogens (primary N) is 2. The molecule has 0 aliphatic carbocycles. The maximum atomic E-state index is 12.9. The van der Waals surface area contributed by atoms with Crippen LogP contribution in [0.3, 0.4) is 0 Å². The van der Waals surface area contributed by atoms with Crippen molar-refractivity contribution in [3.63, 3.8) is 0 Å². The van der Waals surface area contributed by atoms with E-state index in [1.165, 1.54) is 4.90 Å². The van der Waals surface area contributed by atoms with E-state index in [1.807, 2.05) is 0 Å². The van der Waals surface area contributed by atoms with E-state index in [0.29, 0.717) is 12.8 Å². The van der Waals surface area contributed by atoms with Crippen LogP contribution in [0.2, 0.25) is 0 Å². The first-order valence-corrected chi connectivity index (χ1v) is 10.7. The van der Waals surface area contributed by atoms with Crippen LogP contribution in [0.25, 0.3) is 0 Å². The van der Waals surface area contributed by atoms with Crippen molar-refractivity contribution in [3.8, 4) is 0 Å². The van der Waals surface area contributed by atoms with Gasteiger partial charge in [0.2, 0.25) is 23.6 Å². The van der Waals surface area contributed by atoms with Crippen LogP contribution in [0.5, 0.6) is 0 Å². The number of primary amides is 1. The van der Waals surface area contributed by atoms with Crippen LogP contribution in [0.1, 0.15) is 52.4 Å². The summed E-state index contributed by atoms with van der Waals surface area (Å²) in [7, 11) is 0. The number of carbonyl (C=O) groups is 6. The smallest absolute Gasteiger partial charge is 0.326 e. The molecular weight excluding hydrogens is 438 g/mol. The molecule has 0 aromatic heterocycles. The molecule has 0 saturated carbocycles. The van der Waals surface area contributed by atoms with Crippen molar-refractivity contribution in [1.82, 2.24) is 15.5 Å². The van der Waals surface area contributed by atoms with Gasteiger partial charge < -0.3 is 37.2 Å². The van der Waals surface area contributed by atoms with E-state index in [2.05, 4.69) is 10.6 Å². The average molecular weight is 472 g/mol. The Balaban J connectivity index is 2.85. The highest BCUT2D eigenvalue weighted by Crippen LogP contribution is 2.20. The molecule has 8 N–H and O–H groups in total. The standard InChI is InChI=1S/C20H33N5O8/c1-10(2)16(18(30)23-12(20(32)33)6-8-15(27)28)24-17(29)13-4-3-9-25(13)19(31)11(21)5-7-14(22)26/h10-13,16H,3-9,21H2,1-2H3,(H2,22,26)(H,23,30)(H,24,29)(H,27,28)(H,32,33). The summed E-state index contributed by atoms with van der Waals surface area (Å²) in [6.07, 6.45) is 0.0985. The van der Waals surface area contributed by atoms with Gasteiger partial charge in [-0.15, -0.1) is 0 Å². The molecule has 1 aliphatic heterocycles. The zero-order chi connectivity index (χ0) is 25.3. The first kappa shape index (κ1) is 27.8. The molecule has 1 heterocycles. The molecule has 186 valence electrons. The van der Waals surface area contributed by atoms with E-state index < -0.39 is 72.1 Å². The van der Waals surface area contributed by atoms with Crippen molar-refractivity contribution in [1.29, 1.82) is 0 Å². The van der Waals surface area contributed by atoms with Crippen LogP contribution >= 0.6 is 0 Å². The molecule has 0 radical (unpaired) electrons. The minimum Gasteiger partial charge on any atom is -0.481 e. The number of hydrogen-bond donors (Lipinski definition) is 6. The van der Waals surface area contributed by atoms with Gasteiger partial charge in [0.15, 0.2) is 0 Å². The number of carboxylic acids is 2. The fraction of sp³-hybridized carbons (Fsp3) is 0.700. The topological polar surface area (TPSA) is 222 Å². The number of carboxylic acid groups (broad SMARTS) is 2. The Morgan fingerprint density at radius 3 is 2.18 bits per heavy atom. The molecule has 33 heavy (non-hydrogen) atoms. The van der Waals surface area contributed by atoms with Gasteiger partial charge in [-0.1, -0.05) is 13.8 Å². The molecule has 4 amide bonds. The number of nitrogens with one attached hydrogen (secondary N) is 2. The van der Waals surface area contributed by atoms with Crippen molar-refractivity contribution >= 4 is 35.6 Å². The molecule has 0 aromatic carbocycles. The van der Waals surface area contributed by atoms with Crippen LogP contribution in [0.15, 0.2) is 0 Å². The number of amides is 4. The van der Waals surface area contributed by atoms with E-state index in [-0.39, 0.29) is 25.8 Å². The Kier molecular flexibility index (Phi) is 10.7. The van der Waals surface area contributed by atoms with Crippen LogP contribution in [0.4, 0.5) is 0 Å². The number of carbonyl (C=O) groups excluding carboxylic acids is 4. The molecule has 1 saturated heterocycles. The summed E-state index contributed by atoms with van der Waals surface area (Å²) in [6.45, 7) is 3.58. The number of rotatable bonds is 13. The highest BCUT2D eigenvalue weighted by Gasteiger charge is 2.38. The van der Waals surface area contributed by atoms with Crippen molar-refractivity contribution < 1.29 is 39.0 Å². The van der Waals surface area contributed by atoms with E-state index in [9.17, 15) is 33.9 Å². The van der Waals surface area contributed by atoms with Gasteiger partial charge in [0.05, 0.1) is 6.04 Å². The van der Waals surface area contributed by atoms with Gasteiger partial charge in [0.1, 0.15) is 18.1 Å².